The van der Waals surface area contributed by atoms with E-state index in [2.05, 4.69) is 12.1 Å². The highest BCUT2D eigenvalue weighted by Gasteiger charge is 2.27. The molecule has 2 aromatic carbocycles. The summed E-state index contributed by atoms with van der Waals surface area (Å²) in [5.41, 5.74) is 2.75. The van der Waals surface area contributed by atoms with Gasteiger partial charge in [0.1, 0.15) is 17.1 Å². The van der Waals surface area contributed by atoms with Crippen molar-refractivity contribution in [2.75, 3.05) is 7.11 Å². The molecule has 27 heavy (non-hydrogen) atoms. The van der Waals surface area contributed by atoms with Gasteiger partial charge in [0, 0.05) is 36.3 Å². The summed E-state index contributed by atoms with van der Waals surface area (Å²) < 4.78 is 11.0. The highest BCUT2D eigenvalue weighted by atomic mass is 16.5. The van der Waals surface area contributed by atoms with Crippen LogP contribution in [0.1, 0.15) is 50.7 Å². The molecule has 0 saturated heterocycles. The van der Waals surface area contributed by atoms with E-state index in [0.717, 1.165) is 32.9 Å². The summed E-state index contributed by atoms with van der Waals surface area (Å²) in [7, 11) is 1.68. The topological polar surface area (TPSA) is 56.5 Å². The minimum Gasteiger partial charge on any atom is -0.464 e. The molecular weight excluding hydrogens is 340 g/mol. The van der Waals surface area contributed by atoms with Gasteiger partial charge in [0.05, 0.1) is 12.9 Å². The van der Waals surface area contributed by atoms with E-state index in [1.54, 1.807) is 20.3 Å². The highest BCUT2D eigenvalue weighted by Crippen LogP contribution is 2.37. The fourth-order valence-corrected chi connectivity index (χ4v) is 3.65. The number of Topliss-reactive ketones (excluding diaryl/α,β-unsaturated/α-hetero) is 2. The van der Waals surface area contributed by atoms with E-state index in [1.165, 1.54) is 0 Å². The summed E-state index contributed by atoms with van der Waals surface area (Å²) in [5, 5.41) is 3.11. The van der Waals surface area contributed by atoms with Crippen LogP contribution in [0.2, 0.25) is 0 Å². The van der Waals surface area contributed by atoms with Crippen LogP contribution in [0.25, 0.3) is 21.7 Å². The summed E-state index contributed by atoms with van der Waals surface area (Å²) in [6, 6.07) is 10.2. The maximum absolute atomic E-state index is 12.9. The number of ether oxygens (including phenoxy) is 1. The van der Waals surface area contributed by atoms with Crippen LogP contribution in [0.15, 0.2) is 41.0 Å². The van der Waals surface area contributed by atoms with E-state index >= 15 is 0 Å². The van der Waals surface area contributed by atoms with Gasteiger partial charge in [-0.05, 0) is 41.8 Å². The summed E-state index contributed by atoms with van der Waals surface area (Å²) in [6.07, 6.45) is 2.59. The van der Waals surface area contributed by atoms with Crippen LogP contribution in [0.3, 0.4) is 0 Å². The van der Waals surface area contributed by atoms with Gasteiger partial charge in [-0.15, -0.1) is 0 Å². The smallest absolute Gasteiger partial charge is 0.143 e. The Morgan fingerprint density at radius 2 is 1.93 bits per heavy atom. The van der Waals surface area contributed by atoms with Crippen molar-refractivity contribution in [1.29, 1.82) is 0 Å². The third-order valence-electron chi connectivity index (χ3n) is 5.03. The van der Waals surface area contributed by atoms with Crippen molar-refractivity contribution in [3.8, 4) is 0 Å². The van der Waals surface area contributed by atoms with Crippen LogP contribution in [-0.2, 0) is 20.9 Å². The van der Waals surface area contributed by atoms with Crippen LogP contribution < -0.4 is 0 Å². The number of carbonyl (C=O) groups is 2. The number of hydrogen-bond acceptors (Lipinski definition) is 4. The Morgan fingerprint density at radius 1 is 1.15 bits per heavy atom. The molecule has 0 aliphatic rings. The molecule has 0 saturated carbocycles. The number of carbonyl (C=O) groups excluding carboxylic acids is 2. The minimum absolute atomic E-state index is 0.0958. The van der Waals surface area contributed by atoms with Gasteiger partial charge in [-0.3, -0.25) is 4.79 Å². The van der Waals surface area contributed by atoms with Crippen molar-refractivity contribution in [3.63, 3.8) is 0 Å². The lowest BCUT2D eigenvalue weighted by atomic mass is 9.84. The Labute approximate surface area is 159 Å². The zero-order valence-corrected chi connectivity index (χ0v) is 16.4. The lowest BCUT2D eigenvalue weighted by molar-refractivity contribution is -0.123. The molecular formula is C23H26O4. The molecule has 142 valence electrons. The monoisotopic (exact) mass is 366 g/mol. The number of furan rings is 1. The van der Waals surface area contributed by atoms with E-state index in [-0.39, 0.29) is 23.4 Å². The first kappa shape index (κ1) is 19.3. The molecule has 4 heteroatoms. The van der Waals surface area contributed by atoms with Crippen LogP contribution in [-0.4, -0.2) is 18.7 Å². The second-order valence-electron chi connectivity index (χ2n) is 7.47. The Kier molecular flexibility index (Phi) is 5.76. The number of rotatable bonds is 8. The van der Waals surface area contributed by atoms with Crippen LogP contribution in [0, 0.1) is 5.92 Å². The lowest BCUT2D eigenvalue weighted by Gasteiger charge is -2.17. The van der Waals surface area contributed by atoms with Crippen LogP contribution in [0.4, 0.5) is 0 Å². The molecule has 0 spiro atoms. The van der Waals surface area contributed by atoms with E-state index < -0.39 is 0 Å². The molecule has 0 aliphatic carbocycles. The lowest BCUT2D eigenvalue weighted by Crippen LogP contribution is -2.18. The van der Waals surface area contributed by atoms with Crippen molar-refractivity contribution < 1.29 is 18.7 Å². The fourth-order valence-electron chi connectivity index (χ4n) is 3.65. The summed E-state index contributed by atoms with van der Waals surface area (Å²) in [6.45, 7) is 5.93. The largest absolute Gasteiger partial charge is 0.464 e. The molecule has 0 radical (unpaired) electrons. The third-order valence-corrected chi connectivity index (χ3v) is 5.03. The van der Waals surface area contributed by atoms with E-state index in [0.29, 0.717) is 19.4 Å². The number of ketones is 2. The molecule has 0 fully saturated rings. The molecule has 0 bridgehead atoms. The Balaban J connectivity index is 2.15. The average Bonchev–Trinajstić information content (AvgIpc) is 3.06. The van der Waals surface area contributed by atoms with Gasteiger partial charge in [-0.2, -0.15) is 0 Å². The number of benzene rings is 2. The second kappa shape index (κ2) is 8.05. The van der Waals surface area contributed by atoms with Crippen molar-refractivity contribution in [2.45, 2.75) is 46.1 Å². The molecule has 3 rings (SSSR count). The summed E-state index contributed by atoms with van der Waals surface area (Å²) in [5.74, 6) is -0.194. The number of hydrogen-bond donors (Lipinski definition) is 0. The molecule has 1 unspecified atom stereocenters. The van der Waals surface area contributed by atoms with E-state index in [1.807, 2.05) is 32.0 Å². The van der Waals surface area contributed by atoms with Crippen LogP contribution >= 0.6 is 0 Å². The third kappa shape index (κ3) is 3.96. The van der Waals surface area contributed by atoms with Gasteiger partial charge in [0.15, 0.2) is 0 Å². The first-order chi connectivity index (χ1) is 12.9. The maximum atomic E-state index is 12.9. The number of methoxy groups -OCH3 is 1. The normalized spacial score (nSPS) is 12.8. The van der Waals surface area contributed by atoms with E-state index in [4.69, 9.17) is 9.15 Å². The van der Waals surface area contributed by atoms with Gasteiger partial charge in [-0.25, -0.2) is 0 Å². The molecule has 1 aromatic heterocycles. The highest BCUT2D eigenvalue weighted by molar-refractivity contribution is 6.09. The Hall–Kier alpha value is -2.46. The molecule has 1 atom stereocenters. The first-order valence-electron chi connectivity index (χ1n) is 9.37. The van der Waals surface area contributed by atoms with Gasteiger partial charge in [-0.1, -0.05) is 32.0 Å². The predicted octanol–water partition coefficient (Wildman–Crippen LogP) is 5.41. The van der Waals surface area contributed by atoms with Gasteiger partial charge in [0.2, 0.25) is 0 Å². The Bertz CT molecular complexity index is 981. The molecule has 4 nitrogen and oxygen atoms in total. The van der Waals surface area contributed by atoms with Crippen molar-refractivity contribution in [2.24, 2.45) is 5.92 Å². The second-order valence-corrected chi connectivity index (χ2v) is 7.47. The molecule has 3 aromatic rings. The maximum Gasteiger partial charge on any atom is 0.143 e. The van der Waals surface area contributed by atoms with Gasteiger partial charge in [0.25, 0.3) is 0 Å². The van der Waals surface area contributed by atoms with Crippen LogP contribution in [0.5, 0.6) is 0 Å². The van der Waals surface area contributed by atoms with Crippen molar-refractivity contribution in [1.82, 2.24) is 0 Å². The fraction of sp³-hybridized carbons (Fsp3) is 0.391. The zero-order valence-electron chi connectivity index (χ0n) is 16.4. The van der Waals surface area contributed by atoms with Crippen molar-refractivity contribution >= 4 is 33.3 Å². The minimum atomic E-state index is -0.334. The average molecular weight is 366 g/mol. The van der Waals surface area contributed by atoms with Crippen molar-refractivity contribution in [3.05, 3.63) is 47.7 Å². The molecule has 1 heterocycles. The van der Waals surface area contributed by atoms with E-state index in [9.17, 15) is 9.59 Å². The SMILES string of the molecule is COCc1ccc2c(ccc3occ(C(CCC(C)=O)C(=O)C(C)C)c32)c1. The predicted molar refractivity (Wildman–Crippen MR) is 107 cm³/mol. The first-order valence-corrected chi connectivity index (χ1v) is 9.37. The quantitative estimate of drug-likeness (QED) is 0.535. The zero-order chi connectivity index (χ0) is 19.6. The Morgan fingerprint density at radius 3 is 2.59 bits per heavy atom. The summed E-state index contributed by atoms with van der Waals surface area (Å²) >= 11 is 0. The molecule has 0 N–H and O–H groups in total. The van der Waals surface area contributed by atoms with Gasteiger partial charge >= 0.3 is 0 Å². The summed E-state index contributed by atoms with van der Waals surface area (Å²) in [4.78, 5) is 24.4. The molecule has 0 amide bonds. The van der Waals surface area contributed by atoms with Gasteiger partial charge < -0.3 is 13.9 Å². The standard InChI is InChI=1S/C23H26O4/c1-14(2)23(25)19(8-5-15(3)24)20-13-27-21-10-7-17-11-16(12-26-4)6-9-18(17)22(20)21/h6-7,9-11,13-14,19H,5,8,12H2,1-4H3. The molecule has 0 aliphatic heterocycles. The number of fused-ring (bicyclic) bond motifs is 3.